The van der Waals surface area contributed by atoms with E-state index in [0.29, 0.717) is 28.7 Å². The first-order valence-electron chi connectivity index (χ1n) is 8.00. The quantitative estimate of drug-likeness (QED) is 0.621. The number of hydrogen-bond donors (Lipinski definition) is 3. The summed E-state index contributed by atoms with van der Waals surface area (Å²) in [7, 11) is -2.18. The van der Waals surface area contributed by atoms with E-state index in [1.165, 1.54) is 17.7 Å². The molecule has 0 spiro atoms. The van der Waals surface area contributed by atoms with Crippen LogP contribution >= 0.6 is 15.9 Å². The van der Waals surface area contributed by atoms with Crippen molar-refractivity contribution in [1.29, 1.82) is 0 Å². The monoisotopic (exact) mass is 442 g/mol. The zero-order valence-electron chi connectivity index (χ0n) is 14.2. The summed E-state index contributed by atoms with van der Waals surface area (Å²) in [6.07, 6.45) is 2.91. The Morgan fingerprint density at radius 1 is 1.54 bits per heavy atom. The number of carbonyl (C=O) groups excluding carboxylic acids is 1. The molecule has 26 heavy (non-hydrogen) atoms. The van der Waals surface area contributed by atoms with E-state index in [2.05, 4.69) is 31.0 Å². The zero-order valence-corrected chi connectivity index (χ0v) is 16.6. The highest BCUT2D eigenvalue weighted by Crippen LogP contribution is 2.28. The molecule has 140 valence electrons. The van der Waals surface area contributed by atoms with Gasteiger partial charge in [-0.05, 0) is 47.8 Å². The van der Waals surface area contributed by atoms with Crippen molar-refractivity contribution < 1.29 is 18.3 Å². The minimum Gasteiger partial charge on any atom is -0.392 e. The minimum absolute atomic E-state index is 0.0733. The van der Waals surface area contributed by atoms with Gasteiger partial charge in [0.2, 0.25) is 10.0 Å². The van der Waals surface area contributed by atoms with Gasteiger partial charge >= 0.3 is 0 Å². The van der Waals surface area contributed by atoms with Gasteiger partial charge in [-0.15, -0.1) is 0 Å². The molecule has 0 saturated carbocycles. The molecule has 1 amide bonds. The third-order valence-corrected chi connectivity index (χ3v) is 6.31. The summed E-state index contributed by atoms with van der Waals surface area (Å²) in [5.74, 6) is -0.405. The molecule has 3 rings (SSSR count). The number of aliphatic hydroxyl groups is 1. The Morgan fingerprint density at radius 3 is 2.92 bits per heavy atom. The average Bonchev–Trinajstić information content (AvgIpc) is 2.82. The van der Waals surface area contributed by atoms with Gasteiger partial charge in [0.25, 0.3) is 5.91 Å². The number of aliphatic hydroxyl groups excluding tert-OH is 1. The topological polar surface area (TPSA) is 113 Å². The van der Waals surface area contributed by atoms with Gasteiger partial charge in [0.1, 0.15) is 15.2 Å². The van der Waals surface area contributed by atoms with Crippen LogP contribution in [-0.4, -0.2) is 41.1 Å². The lowest BCUT2D eigenvalue weighted by molar-refractivity contribution is 0.101. The van der Waals surface area contributed by atoms with Crippen molar-refractivity contribution in [2.75, 3.05) is 5.32 Å². The maximum absolute atomic E-state index is 12.8. The second kappa shape index (κ2) is 7.10. The number of sulfonamides is 1. The zero-order chi connectivity index (χ0) is 19.1. The number of aryl methyl sites for hydroxylation is 1. The Bertz CT molecular complexity index is 955. The number of fused-ring (bicyclic) bond motifs is 1. The SMILES string of the molecule is CC(O)[C@H]1CCc2c(cn(C)c2C(=O)Nc2ccnc(Br)c2)S(=O)(=O)N1. The van der Waals surface area contributed by atoms with Crippen LogP contribution in [0.4, 0.5) is 5.69 Å². The molecule has 1 aliphatic heterocycles. The molecule has 3 N–H and O–H groups in total. The molecule has 2 aromatic heterocycles. The fourth-order valence-electron chi connectivity index (χ4n) is 3.05. The molecule has 0 aliphatic carbocycles. The van der Waals surface area contributed by atoms with Crippen LogP contribution in [0.5, 0.6) is 0 Å². The van der Waals surface area contributed by atoms with Crippen LogP contribution in [0.15, 0.2) is 34.0 Å². The van der Waals surface area contributed by atoms with Crippen LogP contribution in [0, 0.1) is 0 Å². The molecule has 2 atom stereocenters. The maximum atomic E-state index is 12.8. The molecule has 0 fully saturated rings. The summed E-state index contributed by atoms with van der Waals surface area (Å²) in [6.45, 7) is 1.54. The number of pyridine rings is 1. The number of hydrogen-bond acceptors (Lipinski definition) is 5. The van der Waals surface area contributed by atoms with Crippen molar-refractivity contribution >= 4 is 37.5 Å². The van der Waals surface area contributed by atoms with Gasteiger partial charge in [-0.25, -0.2) is 18.1 Å². The number of anilines is 1. The molecule has 1 aliphatic rings. The first-order chi connectivity index (χ1) is 12.2. The van der Waals surface area contributed by atoms with Crippen molar-refractivity contribution in [3.8, 4) is 0 Å². The van der Waals surface area contributed by atoms with Crippen LogP contribution in [0.2, 0.25) is 0 Å². The van der Waals surface area contributed by atoms with Gasteiger partial charge in [-0.2, -0.15) is 0 Å². The third-order valence-electron chi connectivity index (χ3n) is 4.33. The molecule has 10 heteroatoms. The normalized spacial score (nSPS) is 20.1. The van der Waals surface area contributed by atoms with E-state index < -0.39 is 28.1 Å². The fraction of sp³-hybridized carbons (Fsp3) is 0.375. The summed E-state index contributed by atoms with van der Waals surface area (Å²) < 4.78 is 29.8. The second-order valence-corrected chi connectivity index (χ2v) is 8.75. The van der Waals surface area contributed by atoms with E-state index in [9.17, 15) is 18.3 Å². The van der Waals surface area contributed by atoms with E-state index >= 15 is 0 Å². The summed E-state index contributed by atoms with van der Waals surface area (Å²) >= 11 is 3.24. The fourth-order valence-corrected chi connectivity index (χ4v) is 5.08. The predicted octanol–water partition coefficient (Wildman–Crippen LogP) is 1.41. The molecule has 0 aromatic carbocycles. The molecule has 0 bridgehead atoms. The van der Waals surface area contributed by atoms with E-state index in [1.807, 2.05) is 0 Å². The molecule has 2 aromatic rings. The van der Waals surface area contributed by atoms with Crippen molar-refractivity contribution in [1.82, 2.24) is 14.3 Å². The third kappa shape index (κ3) is 3.68. The van der Waals surface area contributed by atoms with Crippen molar-refractivity contribution in [2.45, 2.75) is 36.8 Å². The summed E-state index contributed by atoms with van der Waals surface area (Å²) in [6, 6.07) is 2.71. The van der Waals surface area contributed by atoms with Gasteiger partial charge in [0.15, 0.2) is 0 Å². The maximum Gasteiger partial charge on any atom is 0.272 e. The van der Waals surface area contributed by atoms with E-state index in [-0.39, 0.29) is 10.6 Å². The summed E-state index contributed by atoms with van der Waals surface area (Å²) in [5, 5.41) is 12.5. The van der Waals surface area contributed by atoms with E-state index in [0.717, 1.165) is 0 Å². The first kappa shape index (κ1) is 19.0. The lowest BCUT2D eigenvalue weighted by Crippen LogP contribution is -2.40. The number of amides is 1. The standard InChI is InChI=1S/C16H19BrN4O4S/c1-9(22)12-4-3-11-13(26(24,25)20-12)8-21(2)15(11)16(23)19-10-5-6-18-14(17)7-10/h5-9,12,20,22H,3-4H2,1-2H3,(H,18,19,23)/t9?,12-/m1/s1. The van der Waals surface area contributed by atoms with Crippen molar-refractivity contribution in [2.24, 2.45) is 7.05 Å². The number of nitrogens with one attached hydrogen (secondary N) is 2. The van der Waals surface area contributed by atoms with Gasteiger partial charge in [-0.1, -0.05) is 0 Å². The Labute approximate surface area is 159 Å². The minimum atomic E-state index is -3.82. The number of nitrogens with zero attached hydrogens (tertiary/aromatic N) is 2. The molecular weight excluding hydrogens is 424 g/mol. The molecular formula is C16H19BrN4O4S. The highest BCUT2D eigenvalue weighted by molar-refractivity contribution is 9.10. The number of rotatable bonds is 3. The van der Waals surface area contributed by atoms with Gasteiger partial charge in [0.05, 0.1) is 6.10 Å². The Hall–Kier alpha value is -1.75. The van der Waals surface area contributed by atoms with Crippen LogP contribution in [0.3, 0.4) is 0 Å². The molecule has 0 radical (unpaired) electrons. The van der Waals surface area contributed by atoms with Gasteiger partial charge < -0.3 is 15.0 Å². The van der Waals surface area contributed by atoms with Gasteiger partial charge in [-0.3, -0.25) is 4.79 Å². The lowest BCUT2D eigenvalue weighted by atomic mass is 10.0. The Balaban J connectivity index is 1.98. The second-order valence-electron chi connectivity index (χ2n) is 6.26. The van der Waals surface area contributed by atoms with Crippen LogP contribution in [0.25, 0.3) is 0 Å². The Morgan fingerprint density at radius 2 is 2.27 bits per heavy atom. The summed E-state index contributed by atoms with van der Waals surface area (Å²) in [4.78, 5) is 16.9. The highest BCUT2D eigenvalue weighted by atomic mass is 79.9. The Kier molecular flexibility index (Phi) is 5.20. The molecule has 1 unspecified atom stereocenters. The van der Waals surface area contributed by atoms with Crippen LogP contribution in [-0.2, 0) is 23.5 Å². The van der Waals surface area contributed by atoms with Crippen molar-refractivity contribution in [3.63, 3.8) is 0 Å². The number of halogens is 1. The van der Waals surface area contributed by atoms with E-state index in [4.69, 9.17) is 0 Å². The lowest BCUT2D eigenvalue weighted by Gasteiger charge is -2.18. The summed E-state index contributed by atoms with van der Waals surface area (Å²) in [5.41, 5.74) is 1.28. The average molecular weight is 443 g/mol. The van der Waals surface area contributed by atoms with E-state index in [1.54, 1.807) is 25.4 Å². The smallest absolute Gasteiger partial charge is 0.272 e. The molecule has 3 heterocycles. The molecule has 0 saturated heterocycles. The van der Waals surface area contributed by atoms with Crippen LogP contribution < -0.4 is 10.0 Å². The van der Waals surface area contributed by atoms with Crippen LogP contribution in [0.1, 0.15) is 29.4 Å². The first-order valence-corrected chi connectivity index (χ1v) is 10.3. The van der Waals surface area contributed by atoms with Gasteiger partial charge in [0, 0.05) is 36.7 Å². The molecule has 8 nitrogen and oxygen atoms in total. The number of carbonyl (C=O) groups is 1. The highest BCUT2D eigenvalue weighted by Gasteiger charge is 2.34. The van der Waals surface area contributed by atoms with Crippen molar-refractivity contribution in [3.05, 3.63) is 40.4 Å². The predicted molar refractivity (Wildman–Crippen MR) is 99.4 cm³/mol. The largest absolute Gasteiger partial charge is 0.392 e. The number of aromatic nitrogens is 2.